The molecule has 0 aromatic carbocycles. The molecule has 19 heavy (non-hydrogen) atoms. The molecular formula is C5H10BrNa3O8P2-. The van der Waals surface area contributed by atoms with Crippen LogP contribution in [-0.4, -0.2) is 52.2 Å². The van der Waals surface area contributed by atoms with E-state index in [1.807, 2.05) is 0 Å². The predicted octanol–water partition coefficient (Wildman–Crippen LogP) is -7.52. The van der Waals surface area contributed by atoms with Crippen molar-refractivity contribution in [3.05, 3.63) is 0 Å². The van der Waals surface area contributed by atoms with Gasteiger partial charge in [-0.25, -0.2) is 0 Å². The molecule has 0 saturated carbocycles. The molecule has 0 heterocycles. The van der Waals surface area contributed by atoms with Crippen molar-refractivity contribution in [2.75, 3.05) is 11.9 Å². The molecule has 0 aromatic rings. The monoisotopic (exact) mass is 408 g/mol. The third-order valence-corrected chi connectivity index (χ3v) is 4.68. The van der Waals surface area contributed by atoms with Crippen LogP contribution in [0.4, 0.5) is 0 Å². The Kier molecular flexibility index (Phi) is 21.0. The van der Waals surface area contributed by atoms with Gasteiger partial charge < -0.3 is 28.9 Å². The molecule has 1 radical (unpaired) electrons. The summed E-state index contributed by atoms with van der Waals surface area (Å²) < 4.78 is 28.0. The van der Waals surface area contributed by atoms with Crippen molar-refractivity contribution in [1.29, 1.82) is 0 Å². The summed E-state index contributed by atoms with van der Waals surface area (Å²) in [4.78, 5) is 30.7. The van der Waals surface area contributed by atoms with Crippen LogP contribution in [0.1, 0.15) is 13.3 Å². The van der Waals surface area contributed by atoms with Gasteiger partial charge in [0.2, 0.25) is 0 Å². The first-order chi connectivity index (χ1) is 6.97. The van der Waals surface area contributed by atoms with Crippen LogP contribution in [0, 0.1) is 0 Å². The van der Waals surface area contributed by atoms with Crippen molar-refractivity contribution in [3.63, 3.8) is 0 Å². The predicted molar refractivity (Wildman–Crippen MR) is 57.0 cm³/mol. The smallest absolute Gasteiger partial charge is 0.790 e. The zero-order valence-electron chi connectivity index (χ0n) is 11.2. The Hall–Kier alpha value is 3.70. The van der Waals surface area contributed by atoms with Gasteiger partial charge in [0.1, 0.15) is 0 Å². The molecule has 2 unspecified atom stereocenters. The van der Waals surface area contributed by atoms with E-state index in [-0.39, 0.29) is 100 Å². The topological polar surface area (TPSA) is 142 Å². The third-order valence-electron chi connectivity index (χ3n) is 1.38. The number of rotatable bonds is 7. The van der Waals surface area contributed by atoms with Crippen molar-refractivity contribution < 1.29 is 96.9 Å². The van der Waals surface area contributed by atoms with E-state index >= 15 is 0 Å². The maximum absolute atomic E-state index is 10.7. The van der Waals surface area contributed by atoms with Gasteiger partial charge in [-0.1, -0.05) is 15.9 Å². The molecule has 2 atom stereocenters. The Morgan fingerprint density at radius 1 is 1.26 bits per heavy atom. The molecule has 0 rings (SSSR count). The molecule has 99 valence electrons. The van der Waals surface area contributed by atoms with Crippen LogP contribution in [0.15, 0.2) is 0 Å². The molecule has 0 fully saturated rings. The average Bonchev–Trinajstić information content (AvgIpc) is 1.98. The van der Waals surface area contributed by atoms with E-state index in [0.29, 0.717) is 0 Å². The minimum absolute atomic E-state index is 0. The molecule has 0 aliphatic carbocycles. The molecule has 0 saturated heterocycles. The summed E-state index contributed by atoms with van der Waals surface area (Å²) in [6.45, 7) is 0.910. The van der Waals surface area contributed by atoms with Crippen LogP contribution in [0.25, 0.3) is 0 Å². The maximum atomic E-state index is 10.7. The van der Waals surface area contributed by atoms with Crippen molar-refractivity contribution >= 4 is 61.1 Å². The van der Waals surface area contributed by atoms with Gasteiger partial charge in [0.25, 0.3) is 7.82 Å². The van der Waals surface area contributed by atoms with Crippen LogP contribution < -0.4 is 73.8 Å². The van der Waals surface area contributed by atoms with Gasteiger partial charge in [-0.15, -0.1) is 0 Å². The number of alkyl halides is 1. The van der Waals surface area contributed by atoms with Gasteiger partial charge in [0, 0.05) is 41.3 Å². The molecule has 0 aliphatic rings. The Bertz CT molecular complexity index is 324. The van der Waals surface area contributed by atoms with E-state index in [1.165, 1.54) is 6.92 Å². The normalized spacial score (nSPS) is 16.9. The fraction of sp³-hybridized carbons (Fsp3) is 1.00. The third kappa shape index (κ3) is 19.7. The second-order valence-electron chi connectivity index (χ2n) is 3.19. The summed E-state index contributed by atoms with van der Waals surface area (Å²) in [6, 6.07) is 0. The summed E-state index contributed by atoms with van der Waals surface area (Å²) in [6.07, 6.45) is -0.0874. The Labute approximate surface area is 186 Å². The zero-order valence-corrected chi connectivity index (χ0v) is 20.6. The van der Waals surface area contributed by atoms with Gasteiger partial charge in [-0.2, -0.15) is 0 Å². The summed E-state index contributed by atoms with van der Waals surface area (Å²) in [5.41, 5.74) is -1.21. The molecule has 0 spiro atoms. The summed E-state index contributed by atoms with van der Waals surface area (Å²) in [7, 11) is -10.8. The first-order valence-electron chi connectivity index (χ1n) is 3.95. The molecule has 0 aromatic heterocycles. The summed E-state index contributed by atoms with van der Waals surface area (Å²) in [5.74, 6) is 0. The van der Waals surface area contributed by atoms with Gasteiger partial charge >= 0.3 is 59.1 Å². The van der Waals surface area contributed by atoms with Crippen LogP contribution in [0.5, 0.6) is 0 Å². The summed E-state index contributed by atoms with van der Waals surface area (Å²) in [5, 5.41) is 9.59. The molecule has 0 bridgehead atoms. The largest absolute Gasteiger partial charge is 1.00 e. The molecule has 8 nitrogen and oxygen atoms in total. The number of aliphatic hydroxyl groups is 1. The number of phosphoric acid groups is 2. The molecular weight excluding hydrogens is 399 g/mol. The minimum Gasteiger partial charge on any atom is -0.790 e. The quantitative estimate of drug-likeness (QED) is 0.248. The second kappa shape index (κ2) is 13.0. The fourth-order valence-electron chi connectivity index (χ4n) is 0.590. The van der Waals surface area contributed by atoms with Crippen LogP contribution in [0.2, 0.25) is 0 Å². The standard InChI is InChI=1S/C5H13BrO8P2.3Na/c1-5(7,4-6)2-3-13-16(11,12)14-15(8,9)10;;;/h7H,2-4H2,1H3,(H,11,12)(H2,8,9,10);;;/q;;2*+1/p-3. The first-order valence-corrected chi connectivity index (χ1v) is 7.99. The van der Waals surface area contributed by atoms with Gasteiger partial charge in [0.15, 0.2) is 0 Å². The van der Waals surface area contributed by atoms with Gasteiger partial charge in [-0.05, 0) is 6.92 Å². The van der Waals surface area contributed by atoms with Gasteiger partial charge in [0.05, 0.1) is 20.0 Å². The molecule has 0 aliphatic heterocycles. The van der Waals surface area contributed by atoms with E-state index < -0.39 is 27.9 Å². The zero-order chi connectivity index (χ0) is 13.0. The first kappa shape index (κ1) is 30.6. The molecule has 14 heteroatoms. The Balaban J connectivity index is -0.000000375. The maximum Gasteiger partial charge on any atom is 1.00 e. The second-order valence-corrected chi connectivity index (χ2v) is 6.45. The minimum atomic E-state index is -5.65. The van der Waals surface area contributed by atoms with E-state index in [1.54, 1.807) is 0 Å². The van der Waals surface area contributed by atoms with E-state index in [0.717, 1.165) is 0 Å². The summed E-state index contributed by atoms with van der Waals surface area (Å²) >= 11 is 2.97. The van der Waals surface area contributed by atoms with Crippen molar-refractivity contribution in [1.82, 2.24) is 0 Å². The van der Waals surface area contributed by atoms with Crippen molar-refractivity contribution in [2.24, 2.45) is 0 Å². The van der Waals surface area contributed by atoms with E-state index in [4.69, 9.17) is 0 Å². The number of phosphoric ester groups is 1. The van der Waals surface area contributed by atoms with E-state index in [9.17, 15) is 28.9 Å². The fourth-order valence-corrected chi connectivity index (χ4v) is 2.35. The van der Waals surface area contributed by atoms with Crippen LogP contribution >= 0.6 is 31.6 Å². The number of hydrogen-bond acceptors (Lipinski definition) is 8. The Morgan fingerprint density at radius 2 is 1.68 bits per heavy atom. The van der Waals surface area contributed by atoms with Crippen molar-refractivity contribution in [2.45, 2.75) is 18.9 Å². The van der Waals surface area contributed by atoms with Crippen molar-refractivity contribution in [3.8, 4) is 0 Å². The van der Waals surface area contributed by atoms with Crippen LogP contribution in [0.3, 0.4) is 0 Å². The van der Waals surface area contributed by atoms with Gasteiger partial charge in [-0.3, -0.25) is 8.88 Å². The molecule has 1 N–H and O–H groups in total. The number of hydrogen-bond donors (Lipinski definition) is 1. The van der Waals surface area contributed by atoms with E-state index in [2.05, 4.69) is 24.8 Å². The molecule has 0 amide bonds. The van der Waals surface area contributed by atoms with Crippen LogP contribution in [-0.2, 0) is 18.0 Å². The SMILES string of the molecule is CC(O)(CBr)CCOP(=O)([O-])OP(=O)([O-])[O-].[Na+].[Na+].[Na]. The average molecular weight is 409 g/mol. The Morgan fingerprint density at radius 3 is 2.00 bits per heavy atom. The number of halogens is 1.